The molecule has 0 N–H and O–H groups in total. The van der Waals surface area contributed by atoms with Crippen LogP contribution in [0.3, 0.4) is 0 Å². The number of rotatable bonds is 3. The minimum Gasteiger partial charge on any atom is -0.211 e. The van der Waals surface area contributed by atoms with Crippen molar-refractivity contribution in [2.24, 2.45) is 0 Å². The van der Waals surface area contributed by atoms with Gasteiger partial charge in [0.1, 0.15) is 10.2 Å². The molecule has 1 aliphatic rings. The summed E-state index contributed by atoms with van der Waals surface area (Å²) in [5.74, 6) is 0.874. The lowest BCUT2D eigenvalue weighted by molar-refractivity contribution is 1.00. The lowest BCUT2D eigenvalue weighted by atomic mass is 10.2. The lowest BCUT2D eigenvalue weighted by Gasteiger charge is -2.07. The number of allylic oxidation sites excluding steroid dienone is 5. The summed E-state index contributed by atoms with van der Waals surface area (Å²) in [7, 11) is 0. The van der Waals surface area contributed by atoms with E-state index in [9.17, 15) is 0 Å². The Labute approximate surface area is 121 Å². The zero-order valence-corrected chi connectivity index (χ0v) is 12.2. The lowest BCUT2D eigenvalue weighted by Crippen LogP contribution is -1.94. The first-order chi connectivity index (χ1) is 8.66. The molecule has 0 amide bonds. The minimum absolute atomic E-state index is 0.197. The maximum Gasteiger partial charge on any atom is 0.224 e. The SMILES string of the molecule is Cc1c(Cl)nc(Cl)nc1SCC1=CC=CC=CC1. The first kappa shape index (κ1) is 13.7. The van der Waals surface area contributed by atoms with Gasteiger partial charge in [-0.15, -0.1) is 11.8 Å². The van der Waals surface area contributed by atoms with Crippen LogP contribution in [0, 0.1) is 6.92 Å². The predicted octanol–water partition coefficient (Wildman–Crippen LogP) is 4.63. The number of thioether (sulfide) groups is 1. The average molecular weight is 299 g/mol. The maximum absolute atomic E-state index is 5.98. The van der Waals surface area contributed by atoms with E-state index in [1.807, 2.05) is 19.1 Å². The van der Waals surface area contributed by atoms with Gasteiger partial charge in [0, 0.05) is 11.3 Å². The van der Waals surface area contributed by atoms with Gasteiger partial charge in [-0.05, 0) is 24.9 Å². The van der Waals surface area contributed by atoms with E-state index in [1.54, 1.807) is 11.8 Å². The van der Waals surface area contributed by atoms with Crippen LogP contribution >= 0.6 is 35.0 Å². The Bertz CT molecular complexity index is 536. The van der Waals surface area contributed by atoms with E-state index in [1.165, 1.54) is 5.57 Å². The van der Waals surface area contributed by atoms with Crippen molar-refractivity contribution < 1.29 is 0 Å². The molecule has 0 aliphatic heterocycles. The van der Waals surface area contributed by atoms with Gasteiger partial charge in [-0.2, -0.15) is 0 Å². The number of hydrogen-bond donors (Lipinski definition) is 0. The normalized spacial score (nSPS) is 14.5. The van der Waals surface area contributed by atoms with Crippen LogP contribution in [0.15, 0.2) is 41.0 Å². The average Bonchev–Trinajstić information content (AvgIpc) is 2.60. The highest BCUT2D eigenvalue weighted by molar-refractivity contribution is 7.99. The molecule has 0 saturated heterocycles. The summed E-state index contributed by atoms with van der Waals surface area (Å²) >= 11 is 13.4. The zero-order valence-electron chi connectivity index (χ0n) is 9.86. The van der Waals surface area contributed by atoms with E-state index >= 15 is 0 Å². The molecule has 0 fully saturated rings. The van der Waals surface area contributed by atoms with Crippen molar-refractivity contribution in [3.63, 3.8) is 0 Å². The Morgan fingerprint density at radius 3 is 2.89 bits per heavy atom. The van der Waals surface area contributed by atoms with Crippen LogP contribution < -0.4 is 0 Å². The van der Waals surface area contributed by atoms with Gasteiger partial charge in [0.25, 0.3) is 0 Å². The topological polar surface area (TPSA) is 25.8 Å². The fourth-order valence-electron chi connectivity index (χ4n) is 1.48. The molecule has 0 aromatic carbocycles. The van der Waals surface area contributed by atoms with Gasteiger partial charge < -0.3 is 0 Å². The highest BCUT2D eigenvalue weighted by Crippen LogP contribution is 2.28. The molecular weight excluding hydrogens is 287 g/mol. The summed E-state index contributed by atoms with van der Waals surface area (Å²) in [6, 6.07) is 0. The fourth-order valence-corrected chi connectivity index (χ4v) is 2.96. The molecule has 0 atom stereocenters. The number of halogens is 2. The van der Waals surface area contributed by atoms with Gasteiger partial charge >= 0.3 is 0 Å². The van der Waals surface area contributed by atoms with E-state index in [4.69, 9.17) is 23.2 Å². The molecule has 18 heavy (non-hydrogen) atoms. The Morgan fingerprint density at radius 2 is 2.06 bits per heavy atom. The highest BCUT2D eigenvalue weighted by Gasteiger charge is 2.09. The van der Waals surface area contributed by atoms with E-state index in [0.717, 1.165) is 22.8 Å². The Balaban J connectivity index is 2.08. The van der Waals surface area contributed by atoms with Crippen LogP contribution in [0.1, 0.15) is 12.0 Å². The second-order valence-corrected chi connectivity index (χ2v) is 5.50. The van der Waals surface area contributed by atoms with E-state index in [-0.39, 0.29) is 5.28 Å². The van der Waals surface area contributed by atoms with Gasteiger partial charge in [0.15, 0.2) is 0 Å². The van der Waals surface area contributed by atoms with Crippen LogP contribution in [0.4, 0.5) is 0 Å². The van der Waals surface area contributed by atoms with Gasteiger partial charge in [0.2, 0.25) is 5.28 Å². The van der Waals surface area contributed by atoms with Crippen molar-refractivity contribution in [2.75, 3.05) is 5.75 Å². The maximum atomic E-state index is 5.98. The molecule has 0 unspecified atom stereocenters. The molecule has 0 spiro atoms. The van der Waals surface area contributed by atoms with Crippen molar-refractivity contribution >= 4 is 35.0 Å². The Morgan fingerprint density at radius 1 is 1.22 bits per heavy atom. The van der Waals surface area contributed by atoms with Crippen molar-refractivity contribution in [1.82, 2.24) is 9.97 Å². The predicted molar refractivity (Wildman–Crippen MR) is 78.5 cm³/mol. The van der Waals surface area contributed by atoms with Gasteiger partial charge in [0.05, 0.1) is 0 Å². The first-order valence-corrected chi connectivity index (χ1v) is 7.24. The monoisotopic (exact) mass is 298 g/mol. The molecule has 0 bridgehead atoms. The third-order valence-electron chi connectivity index (χ3n) is 2.48. The number of nitrogens with zero attached hydrogens (tertiary/aromatic N) is 2. The standard InChI is InChI=1S/C13H12Cl2N2S/c1-9-11(14)16-13(15)17-12(9)18-8-10-6-4-2-3-5-7-10/h2-6H,7-8H2,1H3. The van der Waals surface area contributed by atoms with Crippen molar-refractivity contribution in [1.29, 1.82) is 0 Å². The van der Waals surface area contributed by atoms with E-state index in [2.05, 4.69) is 28.2 Å². The van der Waals surface area contributed by atoms with Crippen LogP contribution in [0.2, 0.25) is 10.4 Å². The molecule has 0 radical (unpaired) electrons. The molecule has 0 saturated carbocycles. The molecule has 2 rings (SSSR count). The second kappa shape index (κ2) is 6.41. The van der Waals surface area contributed by atoms with Crippen LogP contribution in [-0.4, -0.2) is 15.7 Å². The summed E-state index contributed by atoms with van der Waals surface area (Å²) < 4.78 is 0. The van der Waals surface area contributed by atoms with E-state index < -0.39 is 0 Å². The number of aromatic nitrogens is 2. The molecular formula is C13H12Cl2N2S. The summed E-state index contributed by atoms with van der Waals surface area (Å²) in [6.45, 7) is 1.91. The molecule has 1 aromatic heterocycles. The summed E-state index contributed by atoms with van der Waals surface area (Å²) in [4.78, 5) is 8.12. The largest absolute Gasteiger partial charge is 0.224 e. The van der Waals surface area contributed by atoms with Gasteiger partial charge in [-0.3, -0.25) is 0 Å². The minimum atomic E-state index is 0.197. The molecule has 5 heteroatoms. The third kappa shape index (κ3) is 3.61. The van der Waals surface area contributed by atoms with Crippen LogP contribution in [-0.2, 0) is 0 Å². The molecule has 94 valence electrons. The Hall–Kier alpha value is -0.770. The van der Waals surface area contributed by atoms with Crippen molar-refractivity contribution in [3.8, 4) is 0 Å². The molecule has 2 nitrogen and oxygen atoms in total. The number of hydrogen-bond acceptors (Lipinski definition) is 3. The molecule has 1 aromatic rings. The van der Waals surface area contributed by atoms with Crippen molar-refractivity contribution in [2.45, 2.75) is 18.4 Å². The third-order valence-corrected chi connectivity index (χ3v) is 4.20. The summed E-state index contributed by atoms with van der Waals surface area (Å²) in [5, 5.41) is 1.47. The summed E-state index contributed by atoms with van der Waals surface area (Å²) in [5.41, 5.74) is 2.22. The highest BCUT2D eigenvalue weighted by atomic mass is 35.5. The Kier molecular flexibility index (Phi) is 4.87. The fraction of sp³-hybridized carbons (Fsp3) is 0.231. The van der Waals surface area contributed by atoms with Gasteiger partial charge in [-0.25, -0.2) is 9.97 Å². The summed E-state index contributed by atoms with van der Waals surface area (Å²) in [6.07, 6.45) is 11.4. The van der Waals surface area contributed by atoms with Crippen LogP contribution in [0.5, 0.6) is 0 Å². The smallest absolute Gasteiger partial charge is 0.211 e. The van der Waals surface area contributed by atoms with Crippen LogP contribution in [0.25, 0.3) is 0 Å². The van der Waals surface area contributed by atoms with Gasteiger partial charge in [-0.1, -0.05) is 47.6 Å². The molecule has 1 aliphatic carbocycles. The van der Waals surface area contributed by atoms with Crippen molar-refractivity contribution in [3.05, 3.63) is 52.0 Å². The second-order valence-electron chi connectivity index (χ2n) is 3.84. The quantitative estimate of drug-likeness (QED) is 0.462. The molecule has 1 heterocycles. The first-order valence-electron chi connectivity index (χ1n) is 5.50. The van der Waals surface area contributed by atoms with E-state index in [0.29, 0.717) is 5.15 Å². The zero-order chi connectivity index (χ0) is 13.0.